The van der Waals surface area contributed by atoms with Gasteiger partial charge in [-0.3, -0.25) is 24.0 Å². The van der Waals surface area contributed by atoms with E-state index < -0.39 is 60.2 Å². The van der Waals surface area contributed by atoms with Gasteiger partial charge in [0.1, 0.15) is 18.1 Å². The van der Waals surface area contributed by atoms with Gasteiger partial charge in [0.15, 0.2) is 0 Å². The Labute approximate surface area is 239 Å². The molecule has 0 unspecified atom stereocenters. The number of rotatable bonds is 19. The van der Waals surface area contributed by atoms with Crippen LogP contribution in [0.25, 0.3) is 0 Å². The average Bonchev–Trinajstić information content (AvgIpc) is 2.93. The van der Waals surface area contributed by atoms with E-state index in [1.807, 2.05) is 13.8 Å². The van der Waals surface area contributed by atoms with Crippen molar-refractivity contribution < 1.29 is 33.9 Å². The lowest BCUT2D eigenvalue weighted by Crippen LogP contribution is -2.57. The third-order valence-electron chi connectivity index (χ3n) is 5.91. The Morgan fingerprint density at radius 3 is 1.93 bits per heavy atom. The van der Waals surface area contributed by atoms with Crippen molar-refractivity contribution in [2.45, 2.75) is 64.1 Å². The Hall–Kier alpha value is -4.04. The van der Waals surface area contributed by atoms with Gasteiger partial charge >= 0.3 is 5.97 Å². The van der Waals surface area contributed by atoms with Crippen LogP contribution in [0.3, 0.4) is 0 Å². The SMILES string of the molecule is CC(C)C[C@H](NC(=O)[C@H](Cc1ccccc1)NC(=O)CNC(=O)CNC(=O)CN)C(=O)N[C@@H](CCCCN)C(=O)O. The van der Waals surface area contributed by atoms with Gasteiger partial charge in [-0.25, -0.2) is 4.79 Å². The van der Waals surface area contributed by atoms with E-state index in [9.17, 15) is 33.9 Å². The largest absolute Gasteiger partial charge is 0.480 e. The lowest BCUT2D eigenvalue weighted by Gasteiger charge is -2.25. The number of hydrogen-bond acceptors (Lipinski definition) is 8. The third kappa shape index (κ3) is 14.8. The summed E-state index contributed by atoms with van der Waals surface area (Å²) in [5.41, 5.74) is 11.4. The van der Waals surface area contributed by atoms with Gasteiger partial charge in [0.05, 0.1) is 19.6 Å². The van der Waals surface area contributed by atoms with Gasteiger partial charge in [0, 0.05) is 6.42 Å². The first kappa shape index (κ1) is 35.0. The van der Waals surface area contributed by atoms with Crippen molar-refractivity contribution in [1.82, 2.24) is 26.6 Å². The lowest BCUT2D eigenvalue weighted by atomic mass is 10.0. The van der Waals surface area contributed by atoms with Gasteiger partial charge in [-0.05, 0) is 43.7 Å². The van der Waals surface area contributed by atoms with Crippen molar-refractivity contribution >= 4 is 35.5 Å². The lowest BCUT2D eigenvalue weighted by molar-refractivity contribution is -0.142. The summed E-state index contributed by atoms with van der Waals surface area (Å²) in [5.74, 6) is -4.35. The maximum atomic E-state index is 13.4. The zero-order chi connectivity index (χ0) is 30.8. The molecule has 3 atom stereocenters. The molecule has 41 heavy (non-hydrogen) atoms. The summed E-state index contributed by atoms with van der Waals surface area (Å²) in [6, 6.07) is 5.57. The van der Waals surface area contributed by atoms with E-state index >= 15 is 0 Å². The summed E-state index contributed by atoms with van der Waals surface area (Å²) in [6.45, 7) is 2.98. The molecule has 0 aliphatic heterocycles. The second kappa shape index (κ2) is 19.1. The second-order valence-corrected chi connectivity index (χ2v) is 9.94. The molecule has 1 aromatic carbocycles. The summed E-state index contributed by atoms with van der Waals surface area (Å²) < 4.78 is 0. The zero-order valence-corrected chi connectivity index (χ0v) is 23.6. The number of hydrogen-bond donors (Lipinski definition) is 8. The number of carboxylic acid groups (broad SMARTS) is 1. The highest BCUT2D eigenvalue weighted by Crippen LogP contribution is 2.09. The first-order valence-electron chi connectivity index (χ1n) is 13.6. The smallest absolute Gasteiger partial charge is 0.326 e. The van der Waals surface area contributed by atoms with E-state index in [-0.39, 0.29) is 38.3 Å². The molecule has 0 fully saturated rings. The number of aliphatic carboxylic acids is 1. The molecule has 0 heterocycles. The first-order chi connectivity index (χ1) is 19.5. The van der Waals surface area contributed by atoms with Crippen LogP contribution in [-0.2, 0) is 35.2 Å². The van der Waals surface area contributed by atoms with E-state index in [1.165, 1.54) is 0 Å². The molecular weight excluding hydrogens is 534 g/mol. The Morgan fingerprint density at radius 2 is 1.34 bits per heavy atom. The van der Waals surface area contributed by atoms with Gasteiger partial charge in [-0.1, -0.05) is 44.2 Å². The zero-order valence-electron chi connectivity index (χ0n) is 23.6. The van der Waals surface area contributed by atoms with Crippen molar-refractivity contribution in [3.63, 3.8) is 0 Å². The molecule has 0 radical (unpaired) electrons. The molecule has 0 aliphatic carbocycles. The molecular formula is C27H43N7O7. The minimum absolute atomic E-state index is 0.0243. The van der Waals surface area contributed by atoms with E-state index in [4.69, 9.17) is 11.5 Å². The normalized spacial score (nSPS) is 12.9. The Balaban J connectivity index is 2.97. The number of carboxylic acids is 1. The number of carbonyl (C=O) groups excluding carboxylic acids is 5. The molecule has 0 aromatic heterocycles. The number of benzene rings is 1. The highest BCUT2D eigenvalue weighted by atomic mass is 16.4. The van der Waals surface area contributed by atoms with Gasteiger partial charge < -0.3 is 43.2 Å². The van der Waals surface area contributed by atoms with Crippen LogP contribution in [0.15, 0.2) is 30.3 Å². The second-order valence-electron chi connectivity index (χ2n) is 9.94. The Morgan fingerprint density at radius 1 is 0.756 bits per heavy atom. The number of nitrogens with two attached hydrogens (primary N) is 2. The van der Waals surface area contributed by atoms with Gasteiger partial charge in [0.25, 0.3) is 0 Å². The van der Waals surface area contributed by atoms with E-state index in [0.29, 0.717) is 19.4 Å². The minimum atomic E-state index is -1.19. The average molecular weight is 578 g/mol. The predicted octanol–water partition coefficient (Wildman–Crippen LogP) is -1.87. The highest BCUT2D eigenvalue weighted by molar-refractivity contribution is 5.94. The van der Waals surface area contributed by atoms with Crippen LogP contribution in [-0.4, -0.2) is 84.9 Å². The maximum Gasteiger partial charge on any atom is 0.326 e. The van der Waals surface area contributed by atoms with Crippen molar-refractivity contribution in [3.8, 4) is 0 Å². The molecule has 5 amide bonds. The maximum absolute atomic E-state index is 13.4. The molecule has 10 N–H and O–H groups in total. The summed E-state index contributed by atoms with van der Waals surface area (Å²) in [6.07, 6.45) is 1.62. The van der Waals surface area contributed by atoms with Crippen LogP contribution in [0.5, 0.6) is 0 Å². The minimum Gasteiger partial charge on any atom is -0.480 e. The fourth-order valence-electron chi connectivity index (χ4n) is 3.79. The number of unbranched alkanes of at least 4 members (excludes halogenated alkanes) is 1. The van der Waals surface area contributed by atoms with Gasteiger partial charge in [-0.2, -0.15) is 0 Å². The summed E-state index contributed by atoms with van der Waals surface area (Å²) in [7, 11) is 0. The number of nitrogens with one attached hydrogen (secondary N) is 5. The van der Waals surface area contributed by atoms with Crippen LogP contribution in [0.2, 0.25) is 0 Å². The van der Waals surface area contributed by atoms with Crippen molar-refractivity contribution in [2.24, 2.45) is 17.4 Å². The van der Waals surface area contributed by atoms with Crippen molar-refractivity contribution in [2.75, 3.05) is 26.2 Å². The standard InChI is InChI=1S/C27H43N7O7/c1-17(2)12-20(25(38)33-19(27(40)41)10-6-7-11-28)34-26(39)21(13-18-8-4-3-5-9-18)32-24(37)16-31-23(36)15-30-22(35)14-29/h3-5,8-9,17,19-21H,6-7,10-16,28-29H2,1-2H3,(H,30,35)(H,31,36)(H,32,37)(H,33,38)(H,34,39)(H,40,41)/t19-,20-,21-/m0/s1. The van der Waals surface area contributed by atoms with E-state index in [0.717, 1.165) is 5.56 Å². The number of carbonyl (C=O) groups is 6. The summed E-state index contributed by atoms with van der Waals surface area (Å²) in [4.78, 5) is 73.9. The molecule has 0 saturated carbocycles. The van der Waals surface area contributed by atoms with Gasteiger partial charge in [0.2, 0.25) is 29.5 Å². The van der Waals surface area contributed by atoms with Gasteiger partial charge in [-0.15, -0.1) is 0 Å². The fourth-order valence-corrected chi connectivity index (χ4v) is 3.79. The van der Waals surface area contributed by atoms with E-state index in [2.05, 4.69) is 26.6 Å². The monoisotopic (exact) mass is 577 g/mol. The predicted molar refractivity (Wildman–Crippen MR) is 151 cm³/mol. The van der Waals surface area contributed by atoms with Crippen molar-refractivity contribution in [3.05, 3.63) is 35.9 Å². The highest BCUT2D eigenvalue weighted by Gasteiger charge is 2.30. The molecule has 1 rings (SSSR count). The topological polar surface area (TPSA) is 235 Å². The number of amides is 5. The van der Waals surface area contributed by atoms with Crippen LogP contribution in [0, 0.1) is 5.92 Å². The molecule has 14 heteroatoms. The summed E-state index contributed by atoms with van der Waals surface area (Å²) >= 11 is 0. The molecule has 0 saturated heterocycles. The molecule has 0 aliphatic rings. The third-order valence-corrected chi connectivity index (χ3v) is 5.91. The van der Waals surface area contributed by atoms with E-state index in [1.54, 1.807) is 30.3 Å². The Bertz CT molecular complexity index is 1020. The quantitative estimate of drug-likeness (QED) is 0.0859. The molecule has 228 valence electrons. The van der Waals surface area contributed by atoms with Crippen molar-refractivity contribution in [1.29, 1.82) is 0 Å². The fraction of sp³-hybridized carbons (Fsp3) is 0.556. The molecule has 0 bridgehead atoms. The van der Waals surface area contributed by atoms with Crippen LogP contribution < -0.4 is 38.1 Å². The van der Waals surface area contributed by atoms with Crippen LogP contribution in [0.4, 0.5) is 0 Å². The van der Waals surface area contributed by atoms with Crippen LogP contribution in [0.1, 0.15) is 45.1 Å². The molecule has 1 aromatic rings. The van der Waals surface area contributed by atoms with Crippen LogP contribution >= 0.6 is 0 Å². The Kier molecular flexibility index (Phi) is 16.3. The molecule has 14 nitrogen and oxygen atoms in total. The first-order valence-corrected chi connectivity index (χ1v) is 13.6. The summed E-state index contributed by atoms with van der Waals surface area (Å²) in [5, 5.41) is 21.9. The molecule has 0 spiro atoms.